The van der Waals surface area contributed by atoms with Gasteiger partial charge in [-0.1, -0.05) is 17.7 Å². The van der Waals surface area contributed by atoms with Gasteiger partial charge in [0.2, 0.25) is 0 Å². The predicted molar refractivity (Wildman–Crippen MR) is 58.0 cm³/mol. The molecule has 4 heteroatoms. The summed E-state index contributed by atoms with van der Waals surface area (Å²) < 4.78 is 13.5. The largest absolute Gasteiger partial charge is 0.296 e. The van der Waals surface area contributed by atoms with Crippen LogP contribution in [0.1, 0.15) is 25.5 Å². The minimum absolute atomic E-state index is 0.0883. The molecule has 0 radical (unpaired) electrons. The van der Waals surface area contributed by atoms with Gasteiger partial charge in [-0.25, -0.2) is 4.39 Å². The van der Waals surface area contributed by atoms with Gasteiger partial charge in [0.25, 0.3) is 0 Å². The highest BCUT2D eigenvalue weighted by Gasteiger charge is 2.18. The molecule has 1 unspecified atom stereocenters. The van der Waals surface area contributed by atoms with E-state index in [2.05, 4.69) is 5.32 Å². The van der Waals surface area contributed by atoms with Crippen molar-refractivity contribution in [2.24, 2.45) is 0 Å². The summed E-state index contributed by atoms with van der Waals surface area (Å²) in [5, 5.41) is 12.2. The quantitative estimate of drug-likeness (QED) is 0.860. The first-order valence-electron chi connectivity index (χ1n) is 4.65. The SMILES string of the molecule is CC(C)NC(C#N)c1c(F)cccc1Cl. The Morgan fingerprint density at radius 3 is 2.60 bits per heavy atom. The van der Waals surface area contributed by atoms with Gasteiger partial charge in [0.15, 0.2) is 0 Å². The van der Waals surface area contributed by atoms with E-state index in [4.69, 9.17) is 16.9 Å². The third kappa shape index (κ3) is 2.92. The van der Waals surface area contributed by atoms with Gasteiger partial charge in [0.1, 0.15) is 11.9 Å². The van der Waals surface area contributed by atoms with Crippen LogP contribution in [0, 0.1) is 17.1 Å². The summed E-state index contributed by atoms with van der Waals surface area (Å²) in [6.07, 6.45) is 0. The number of halogens is 2. The van der Waals surface area contributed by atoms with Crippen LogP contribution in [0.4, 0.5) is 4.39 Å². The van der Waals surface area contributed by atoms with Crippen molar-refractivity contribution in [3.8, 4) is 6.07 Å². The number of hydrogen-bond donors (Lipinski definition) is 1. The number of rotatable bonds is 3. The Morgan fingerprint density at radius 1 is 1.47 bits per heavy atom. The summed E-state index contributed by atoms with van der Waals surface area (Å²) in [7, 11) is 0. The first-order valence-corrected chi connectivity index (χ1v) is 5.03. The Labute approximate surface area is 93.7 Å². The minimum Gasteiger partial charge on any atom is -0.296 e. The van der Waals surface area contributed by atoms with E-state index >= 15 is 0 Å². The first kappa shape index (κ1) is 12.0. The summed E-state index contributed by atoms with van der Waals surface area (Å²) in [5.41, 5.74) is 0.218. The zero-order valence-electron chi connectivity index (χ0n) is 8.59. The van der Waals surface area contributed by atoms with Crippen molar-refractivity contribution in [2.45, 2.75) is 25.9 Å². The first-order chi connectivity index (χ1) is 7.06. The molecule has 0 aromatic heterocycles. The van der Waals surface area contributed by atoms with Crippen molar-refractivity contribution in [3.63, 3.8) is 0 Å². The fraction of sp³-hybridized carbons (Fsp3) is 0.364. The van der Waals surface area contributed by atoms with Crippen LogP contribution in [-0.2, 0) is 0 Å². The fourth-order valence-electron chi connectivity index (χ4n) is 1.30. The molecule has 15 heavy (non-hydrogen) atoms. The number of nitrogens with one attached hydrogen (secondary N) is 1. The lowest BCUT2D eigenvalue weighted by atomic mass is 10.1. The van der Waals surface area contributed by atoms with Crippen molar-refractivity contribution in [2.75, 3.05) is 0 Å². The molecule has 0 fully saturated rings. The molecular formula is C11H12ClFN2. The zero-order valence-corrected chi connectivity index (χ0v) is 9.35. The van der Waals surface area contributed by atoms with Gasteiger partial charge in [0.05, 0.1) is 6.07 Å². The normalized spacial score (nSPS) is 12.5. The molecule has 1 aromatic carbocycles. The van der Waals surface area contributed by atoms with E-state index in [1.165, 1.54) is 12.1 Å². The van der Waals surface area contributed by atoms with E-state index < -0.39 is 11.9 Å². The van der Waals surface area contributed by atoms with Crippen molar-refractivity contribution >= 4 is 11.6 Å². The molecule has 1 N–H and O–H groups in total. The number of nitrogens with zero attached hydrogens (tertiary/aromatic N) is 1. The maximum absolute atomic E-state index is 13.5. The van der Waals surface area contributed by atoms with E-state index in [-0.39, 0.29) is 16.6 Å². The molecule has 0 bridgehead atoms. The molecule has 0 spiro atoms. The fourth-order valence-corrected chi connectivity index (χ4v) is 1.58. The zero-order chi connectivity index (χ0) is 11.4. The van der Waals surface area contributed by atoms with Crippen molar-refractivity contribution in [1.82, 2.24) is 5.32 Å². The Kier molecular flexibility index (Phi) is 4.07. The second-order valence-corrected chi connectivity index (χ2v) is 3.93. The summed E-state index contributed by atoms with van der Waals surface area (Å²) in [4.78, 5) is 0. The smallest absolute Gasteiger partial charge is 0.130 e. The van der Waals surface area contributed by atoms with Gasteiger partial charge < -0.3 is 0 Å². The molecule has 0 aliphatic rings. The highest BCUT2D eigenvalue weighted by molar-refractivity contribution is 6.31. The lowest BCUT2D eigenvalue weighted by molar-refractivity contribution is 0.518. The molecule has 1 aromatic rings. The lowest BCUT2D eigenvalue weighted by Gasteiger charge is -2.16. The van der Waals surface area contributed by atoms with Crippen LogP contribution in [0.15, 0.2) is 18.2 Å². The van der Waals surface area contributed by atoms with Crippen molar-refractivity contribution < 1.29 is 4.39 Å². The molecule has 0 heterocycles. The second kappa shape index (κ2) is 5.11. The van der Waals surface area contributed by atoms with Gasteiger partial charge >= 0.3 is 0 Å². The number of benzene rings is 1. The van der Waals surface area contributed by atoms with Crippen LogP contribution in [0.3, 0.4) is 0 Å². The van der Waals surface area contributed by atoms with E-state index in [9.17, 15) is 4.39 Å². The average molecular weight is 227 g/mol. The van der Waals surface area contributed by atoms with E-state index in [1.807, 2.05) is 19.9 Å². The minimum atomic E-state index is -0.710. The Morgan fingerprint density at radius 2 is 2.13 bits per heavy atom. The molecule has 80 valence electrons. The van der Waals surface area contributed by atoms with Crippen LogP contribution in [0.2, 0.25) is 5.02 Å². The average Bonchev–Trinajstić information content (AvgIpc) is 2.15. The third-order valence-electron chi connectivity index (χ3n) is 1.92. The lowest BCUT2D eigenvalue weighted by Crippen LogP contribution is -2.28. The maximum atomic E-state index is 13.5. The molecule has 0 saturated heterocycles. The molecule has 0 aliphatic carbocycles. The number of nitriles is 1. The summed E-state index contributed by atoms with van der Waals surface area (Å²) in [5.74, 6) is -0.456. The van der Waals surface area contributed by atoms with Gasteiger partial charge in [-0.2, -0.15) is 5.26 Å². The molecule has 0 amide bonds. The third-order valence-corrected chi connectivity index (χ3v) is 2.25. The second-order valence-electron chi connectivity index (χ2n) is 3.52. The molecule has 1 atom stereocenters. The van der Waals surface area contributed by atoms with Crippen LogP contribution >= 0.6 is 11.6 Å². The standard InChI is InChI=1S/C11H12ClFN2/c1-7(2)15-10(6-14)11-8(12)4-3-5-9(11)13/h3-5,7,10,15H,1-2H3. The van der Waals surface area contributed by atoms with Gasteiger partial charge in [-0.05, 0) is 26.0 Å². The van der Waals surface area contributed by atoms with Crippen LogP contribution in [0.5, 0.6) is 0 Å². The highest BCUT2D eigenvalue weighted by Crippen LogP contribution is 2.25. The number of hydrogen-bond acceptors (Lipinski definition) is 2. The molecular weight excluding hydrogens is 215 g/mol. The van der Waals surface area contributed by atoms with Gasteiger partial charge in [-0.15, -0.1) is 0 Å². The van der Waals surface area contributed by atoms with Crippen LogP contribution in [-0.4, -0.2) is 6.04 Å². The Balaban J connectivity index is 3.08. The summed E-state index contributed by atoms with van der Waals surface area (Å²) in [6, 6.07) is 5.77. The maximum Gasteiger partial charge on any atom is 0.130 e. The topological polar surface area (TPSA) is 35.8 Å². The van der Waals surface area contributed by atoms with Crippen molar-refractivity contribution in [3.05, 3.63) is 34.6 Å². The van der Waals surface area contributed by atoms with Crippen LogP contribution < -0.4 is 5.32 Å². The molecule has 0 saturated carbocycles. The summed E-state index contributed by atoms with van der Waals surface area (Å²) >= 11 is 5.86. The molecule has 1 rings (SSSR count). The van der Waals surface area contributed by atoms with Crippen LogP contribution in [0.25, 0.3) is 0 Å². The van der Waals surface area contributed by atoms with E-state index in [0.29, 0.717) is 0 Å². The Bertz CT molecular complexity index is 364. The van der Waals surface area contributed by atoms with Gasteiger partial charge in [-0.3, -0.25) is 5.32 Å². The van der Waals surface area contributed by atoms with Crippen molar-refractivity contribution in [1.29, 1.82) is 5.26 Å². The summed E-state index contributed by atoms with van der Waals surface area (Å²) in [6.45, 7) is 3.78. The van der Waals surface area contributed by atoms with E-state index in [1.54, 1.807) is 6.07 Å². The van der Waals surface area contributed by atoms with Gasteiger partial charge in [0, 0.05) is 16.6 Å². The monoisotopic (exact) mass is 226 g/mol. The molecule has 0 aliphatic heterocycles. The molecule has 2 nitrogen and oxygen atoms in total. The van der Waals surface area contributed by atoms with E-state index in [0.717, 1.165) is 0 Å². The Hall–Kier alpha value is -1.11. The highest BCUT2D eigenvalue weighted by atomic mass is 35.5. The predicted octanol–water partition coefficient (Wildman–Crippen LogP) is 3.04.